The largest absolute Gasteiger partial charge is 0.316 e. The van der Waals surface area contributed by atoms with Crippen molar-refractivity contribution in [3.8, 4) is 6.07 Å². The van der Waals surface area contributed by atoms with Crippen molar-refractivity contribution in [2.45, 2.75) is 69.0 Å². The van der Waals surface area contributed by atoms with Gasteiger partial charge >= 0.3 is 0 Å². The first-order chi connectivity index (χ1) is 15.7. The Balaban J connectivity index is 1.30. The van der Waals surface area contributed by atoms with Crippen LogP contribution >= 0.6 is 34.4 Å². The van der Waals surface area contributed by atoms with Gasteiger partial charge in [-0.05, 0) is 49.1 Å². The van der Waals surface area contributed by atoms with Crippen LogP contribution in [-0.4, -0.2) is 26.4 Å². The van der Waals surface area contributed by atoms with Crippen molar-refractivity contribution in [1.29, 1.82) is 5.26 Å². The normalized spacial score (nSPS) is 16.1. The van der Waals surface area contributed by atoms with Crippen molar-refractivity contribution in [3.05, 3.63) is 44.2 Å². The molecule has 2 aliphatic carbocycles. The van der Waals surface area contributed by atoms with Gasteiger partial charge in [-0.1, -0.05) is 37.1 Å². The minimum absolute atomic E-state index is 0.0931. The summed E-state index contributed by atoms with van der Waals surface area (Å²) in [6, 6.07) is 6.90. The van der Waals surface area contributed by atoms with Crippen LogP contribution in [0, 0.1) is 11.3 Å². The van der Waals surface area contributed by atoms with E-state index >= 15 is 0 Å². The Hall–Kier alpha value is -2.15. The fourth-order valence-electron chi connectivity index (χ4n) is 4.70. The number of carbonyl (C=O) groups is 1. The lowest BCUT2D eigenvalue weighted by atomic mass is 9.95. The molecule has 2 aliphatic rings. The fraction of sp³-hybridized carbons (Fsp3) is 0.478. The number of hydrogen-bond donors (Lipinski definition) is 1. The number of fused-ring (bicyclic) bond motifs is 1. The van der Waals surface area contributed by atoms with Gasteiger partial charge in [0.15, 0.2) is 5.16 Å². The maximum absolute atomic E-state index is 12.7. The SMILES string of the molecule is N#Cc1c(NC(=O)CSc2nnc(Cc3cccs3)n2C2CCCCC2)sc2c1CCC2. The number of thioether (sulfide) groups is 1. The number of nitrogens with one attached hydrogen (secondary N) is 1. The van der Waals surface area contributed by atoms with Gasteiger partial charge in [-0.15, -0.1) is 32.9 Å². The molecule has 0 bridgehead atoms. The van der Waals surface area contributed by atoms with Crippen LogP contribution in [0.4, 0.5) is 5.00 Å². The zero-order valence-electron chi connectivity index (χ0n) is 17.8. The number of anilines is 1. The van der Waals surface area contributed by atoms with Crippen molar-refractivity contribution >= 4 is 45.3 Å². The van der Waals surface area contributed by atoms with Gasteiger partial charge in [0.05, 0.1) is 11.3 Å². The van der Waals surface area contributed by atoms with E-state index in [-0.39, 0.29) is 11.7 Å². The predicted octanol–water partition coefficient (Wildman–Crippen LogP) is 5.59. The number of hydrogen-bond acceptors (Lipinski definition) is 7. The first kappa shape index (κ1) is 21.7. The van der Waals surface area contributed by atoms with Gasteiger partial charge in [-0.2, -0.15) is 5.26 Å². The Morgan fingerprint density at radius 3 is 2.91 bits per heavy atom. The third-order valence-corrected chi connectivity index (χ3v) is 9.23. The first-order valence-electron chi connectivity index (χ1n) is 11.2. The third kappa shape index (κ3) is 4.49. The molecule has 0 unspecified atom stereocenters. The molecule has 6 nitrogen and oxygen atoms in total. The van der Waals surface area contributed by atoms with E-state index in [1.165, 1.54) is 40.8 Å². The molecule has 0 spiro atoms. The van der Waals surface area contributed by atoms with Crippen molar-refractivity contribution in [2.75, 3.05) is 11.1 Å². The van der Waals surface area contributed by atoms with Crippen LogP contribution in [0.2, 0.25) is 0 Å². The molecule has 0 aromatic carbocycles. The summed E-state index contributed by atoms with van der Waals surface area (Å²) in [6.07, 6.45) is 9.86. The van der Waals surface area contributed by atoms with Crippen LogP contribution in [-0.2, 0) is 24.1 Å². The summed E-state index contributed by atoms with van der Waals surface area (Å²) in [6.45, 7) is 0. The average molecular weight is 484 g/mol. The number of rotatable bonds is 7. The molecule has 1 N–H and O–H groups in total. The highest BCUT2D eigenvalue weighted by atomic mass is 32.2. The van der Waals surface area contributed by atoms with Gasteiger partial charge in [0.2, 0.25) is 5.91 Å². The standard InChI is InChI=1S/C23H25N5OS3/c24-13-18-17-9-4-10-19(17)32-22(18)25-21(29)14-31-23-27-26-20(12-16-8-5-11-30-16)28(23)15-6-2-1-3-7-15/h5,8,11,15H,1-4,6-7,9-10,12,14H2,(H,25,29). The van der Waals surface area contributed by atoms with E-state index in [2.05, 4.69) is 43.7 Å². The molecule has 0 aliphatic heterocycles. The zero-order chi connectivity index (χ0) is 21.9. The molecule has 1 saturated carbocycles. The number of nitrogens with zero attached hydrogens (tertiary/aromatic N) is 4. The fourth-order valence-corrected chi connectivity index (χ4v) is 7.49. The van der Waals surface area contributed by atoms with Crippen LogP contribution in [0.3, 0.4) is 0 Å². The van der Waals surface area contributed by atoms with Crippen molar-refractivity contribution in [1.82, 2.24) is 14.8 Å². The number of aryl methyl sites for hydroxylation is 1. The summed E-state index contributed by atoms with van der Waals surface area (Å²) in [5.74, 6) is 1.16. The highest BCUT2D eigenvalue weighted by Crippen LogP contribution is 2.39. The Morgan fingerprint density at radius 1 is 1.25 bits per heavy atom. The third-order valence-electron chi connectivity index (χ3n) is 6.21. The van der Waals surface area contributed by atoms with Crippen molar-refractivity contribution < 1.29 is 4.79 Å². The minimum Gasteiger partial charge on any atom is -0.316 e. The van der Waals surface area contributed by atoms with Gasteiger partial charge in [0.1, 0.15) is 16.9 Å². The lowest BCUT2D eigenvalue weighted by Gasteiger charge is -2.25. The molecule has 5 rings (SSSR count). The predicted molar refractivity (Wildman–Crippen MR) is 130 cm³/mol. The topological polar surface area (TPSA) is 83.6 Å². The van der Waals surface area contributed by atoms with E-state index in [1.807, 2.05) is 0 Å². The summed E-state index contributed by atoms with van der Waals surface area (Å²) >= 11 is 4.75. The van der Waals surface area contributed by atoms with Crippen LogP contribution in [0.15, 0.2) is 22.7 Å². The van der Waals surface area contributed by atoms with Crippen LogP contribution in [0.5, 0.6) is 0 Å². The molecule has 32 heavy (non-hydrogen) atoms. The Bertz CT molecular complexity index is 1140. The van der Waals surface area contributed by atoms with E-state index in [4.69, 9.17) is 0 Å². The van der Waals surface area contributed by atoms with Gasteiger partial charge in [-0.25, -0.2) is 0 Å². The summed E-state index contributed by atoms with van der Waals surface area (Å²) in [7, 11) is 0. The van der Waals surface area contributed by atoms with E-state index in [0.717, 1.165) is 55.1 Å². The molecule has 3 aromatic rings. The molecule has 0 radical (unpaired) electrons. The highest BCUT2D eigenvalue weighted by molar-refractivity contribution is 7.99. The maximum atomic E-state index is 12.7. The molecule has 3 heterocycles. The second-order valence-electron chi connectivity index (χ2n) is 8.33. The number of carbonyl (C=O) groups excluding carboxylic acids is 1. The summed E-state index contributed by atoms with van der Waals surface area (Å²) in [5.41, 5.74) is 1.79. The lowest BCUT2D eigenvalue weighted by molar-refractivity contribution is -0.113. The highest BCUT2D eigenvalue weighted by Gasteiger charge is 2.25. The Morgan fingerprint density at radius 2 is 2.12 bits per heavy atom. The van der Waals surface area contributed by atoms with E-state index < -0.39 is 0 Å². The summed E-state index contributed by atoms with van der Waals surface area (Å²) in [4.78, 5) is 15.3. The van der Waals surface area contributed by atoms with Gasteiger partial charge in [0, 0.05) is 22.2 Å². The molecule has 3 aromatic heterocycles. The van der Waals surface area contributed by atoms with Gasteiger partial charge < -0.3 is 9.88 Å². The van der Waals surface area contributed by atoms with Gasteiger partial charge in [0.25, 0.3) is 0 Å². The van der Waals surface area contributed by atoms with E-state index in [9.17, 15) is 10.1 Å². The second-order valence-corrected chi connectivity index (χ2v) is 11.4. The molecule has 1 amide bonds. The second kappa shape index (κ2) is 9.77. The van der Waals surface area contributed by atoms with Crippen molar-refractivity contribution in [2.24, 2.45) is 0 Å². The summed E-state index contributed by atoms with van der Waals surface area (Å²) in [5, 5.41) is 25.2. The lowest BCUT2D eigenvalue weighted by Crippen LogP contribution is -2.18. The van der Waals surface area contributed by atoms with E-state index in [1.54, 1.807) is 22.7 Å². The number of aromatic nitrogens is 3. The minimum atomic E-state index is -0.0931. The molecule has 0 atom stereocenters. The van der Waals surface area contributed by atoms with Gasteiger partial charge in [-0.3, -0.25) is 4.79 Å². The Kier molecular flexibility index (Phi) is 6.62. The maximum Gasteiger partial charge on any atom is 0.235 e. The average Bonchev–Trinajstić information content (AvgIpc) is 3.58. The Labute approximate surface area is 200 Å². The number of amides is 1. The summed E-state index contributed by atoms with van der Waals surface area (Å²) < 4.78 is 2.29. The molecule has 166 valence electrons. The van der Waals surface area contributed by atoms with Crippen LogP contribution in [0.1, 0.15) is 71.3 Å². The number of nitriles is 1. The van der Waals surface area contributed by atoms with Crippen LogP contribution in [0.25, 0.3) is 0 Å². The monoisotopic (exact) mass is 483 g/mol. The first-order valence-corrected chi connectivity index (χ1v) is 13.8. The number of thiophene rings is 2. The zero-order valence-corrected chi connectivity index (χ0v) is 20.3. The van der Waals surface area contributed by atoms with Crippen LogP contribution < -0.4 is 5.32 Å². The molecule has 9 heteroatoms. The molecule has 0 saturated heterocycles. The molecule has 1 fully saturated rings. The molecular weight excluding hydrogens is 458 g/mol. The smallest absolute Gasteiger partial charge is 0.235 e. The molecular formula is C23H25N5OS3. The van der Waals surface area contributed by atoms with E-state index in [0.29, 0.717) is 16.6 Å². The quantitative estimate of drug-likeness (QED) is 0.443. The van der Waals surface area contributed by atoms with Crippen molar-refractivity contribution in [3.63, 3.8) is 0 Å².